The second kappa shape index (κ2) is 7.98. The summed E-state index contributed by atoms with van der Waals surface area (Å²) >= 11 is 1.18. The average molecular weight is 433 g/mol. The van der Waals surface area contributed by atoms with E-state index in [-0.39, 0.29) is 25.3 Å². The van der Waals surface area contributed by atoms with Crippen LogP contribution < -0.4 is 11.1 Å². The first-order chi connectivity index (χ1) is 13.2. The molecule has 154 valence electrons. The molecule has 0 spiro atoms. The normalized spacial score (nSPS) is 21.8. The van der Waals surface area contributed by atoms with Crippen molar-refractivity contribution in [2.45, 2.75) is 37.8 Å². The fraction of sp³-hybridized carbons (Fsp3) is 0.571. The third kappa shape index (κ3) is 4.57. The summed E-state index contributed by atoms with van der Waals surface area (Å²) in [6, 6.07) is -2.12. The van der Waals surface area contributed by atoms with Crippen molar-refractivity contribution in [3.63, 3.8) is 0 Å². The summed E-state index contributed by atoms with van der Waals surface area (Å²) in [6.45, 7) is 0.355. The molecule has 4 N–H and O–H groups in total. The van der Waals surface area contributed by atoms with Crippen LogP contribution in [0.25, 0.3) is 0 Å². The molecule has 2 atom stereocenters. The first kappa shape index (κ1) is 20.4. The lowest BCUT2D eigenvalue weighted by Crippen LogP contribution is -2.50. The number of nitrogen functional groups attached to an aromatic ring is 1. The summed E-state index contributed by atoms with van der Waals surface area (Å²) in [5.74, 6) is -0.568. The number of thiazole rings is 1. The monoisotopic (exact) mass is 433 g/mol. The summed E-state index contributed by atoms with van der Waals surface area (Å²) in [4.78, 5) is 41.7. The van der Waals surface area contributed by atoms with E-state index in [1.807, 2.05) is 0 Å². The summed E-state index contributed by atoms with van der Waals surface area (Å²) in [5.41, 5.74) is 5.78. The van der Waals surface area contributed by atoms with Crippen LogP contribution >= 0.6 is 11.3 Å². The van der Waals surface area contributed by atoms with Crippen molar-refractivity contribution in [1.82, 2.24) is 20.3 Å². The lowest BCUT2D eigenvalue weighted by Gasteiger charge is -2.29. The Balaban J connectivity index is 1.47. The zero-order valence-electron chi connectivity index (χ0n) is 14.6. The first-order valence-corrected chi connectivity index (χ1v) is 10.7. The smallest absolute Gasteiger partial charge is 0.375 e. The van der Waals surface area contributed by atoms with Crippen LogP contribution in [0.2, 0.25) is 0 Å². The van der Waals surface area contributed by atoms with Crippen molar-refractivity contribution in [3.05, 3.63) is 11.1 Å². The first-order valence-electron chi connectivity index (χ1n) is 8.44. The fourth-order valence-electron chi connectivity index (χ4n) is 3.23. The molecule has 28 heavy (non-hydrogen) atoms. The van der Waals surface area contributed by atoms with Gasteiger partial charge in [-0.15, -0.1) is 15.6 Å². The Hall–Kier alpha value is -2.29. The van der Waals surface area contributed by atoms with Gasteiger partial charge in [0.15, 0.2) is 10.9 Å². The third-order valence-corrected chi connectivity index (χ3v) is 5.51. The van der Waals surface area contributed by atoms with Gasteiger partial charge >= 0.3 is 16.4 Å². The number of amides is 3. The van der Waals surface area contributed by atoms with Gasteiger partial charge < -0.3 is 16.0 Å². The maximum absolute atomic E-state index is 12.4. The summed E-state index contributed by atoms with van der Waals surface area (Å²) in [7, 11) is -4.83. The van der Waals surface area contributed by atoms with Crippen LogP contribution in [0, 0.1) is 0 Å². The molecular weight excluding hydrogens is 414 g/mol. The highest BCUT2D eigenvalue weighted by Gasteiger charge is 2.49. The van der Waals surface area contributed by atoms with E-state index >= 15 is 0 Å². The van der Waals surface area contributed by atoms with Gasteiger partial charge in [-0.1, -0.05) is 0 Å². The highest BCUT2D eigenvalue weighted by atomic mass is 32.3. The summed E-state index contributed by atoms with van der Waals surface area (Å²) < 4.78 is 34.8. The number of carbonyl (C=O) groups excluding carboxylic acids is 3. The number of urea groups is 1. The Morgan fingerprint density at radius 2 is 2.18 bits per heavy atom. The van der Waals surface area contributed by atoms with Gasteiger partial charge in [-0.2, -0.15) is 13.5 Å². The van der Waals surface area contributed by atoms with Gasteiger partial charge in [0, 0.05) is 24.9 Å². The van der Waals surface area contributed by atoms with Crippen molar-refractivity contribution in [1.29, 1.82) is 0 Å². The Labute approximate surface area is 164 Å². The molecule has 2 aliphatic rings. The van der Waals surface area contributed by atoms with Crippen LogP contribution in [0.5, 0.6) is 0 Å². The number of Topliss-reactive ketones (excluding diaryl/α,β-unsaturated/α-hetero) is 1. The number of aromatic nitrogens is 1. The number of anilines is 1. The zero-order chi connectivity index (χ0) is 20.5. The topological polar surface area (TPSA) is 172 Å². The number of fused-ring (bicyclic) bond motifs is 2. The van der Waals surface area contributed by atoms with Crippen molar-refractivity contribution in [3.8, 4) is 0 Å². The maximum atomic E-state index is 12.4. The number of rotatable bonds is 8. The lowest BCUT2D eigenvalue weighted by molar-refractivity contribution is -0.126. The Bertz CT molecular complexity index is 886. The van der Waals surface area contributed by atoms with Crippen LogP contribution in [0.4, 0.5) is 9.93 Å². The number of carbonyl (C=O) groups is 3. The molecule has 1 aromatic heterocycles. The fourth-order valence-corrected chi connectivity index (χ4v) is 4.18. The molecule has 1 aromatic rings. The second-order valence-corrected chi connectivity index (χ2v) is 8.29. The molecule has 14 heteroatoms. The molecule has 0 unspecified atom stereocenters. The number of nitrogens with two attached hydrogens (primary N) is 1. The molecule has 3 heterocycles. The minimum absolute atomic E-state index is 0.121. The van der Waals surface area contributed by atoms with Crippen LogP contribution in [0.15, 0.2) is 5.38 Å². The molecule has 3 rings (SSSR count). The Morgan fingerprint density at radius 1 is 1.43 bits per heavy atom. The van der Waals surface area contributed by atoms with E-state index in [1.165, 1.54) is 16.2 Å². The summed E-state index contributed by atoms with van der Waals surface area (Å²) in [6.07, 6.45) is 1.25. The standard InChI is InChI=1S/C14H19N5O7S2/c15-13-17-9(7-27-13)11(20)2-1-5-16-12(21)10-4-3-8-6-18(10)14(22)19(8)26-28(23,24)25/h7-8,10H,1-6H2,(H2,15,17)(H,16,21)(H,23,24,25)/t8-,10-/m0/s1. The average Bonchev–Trinajstić information content (AvgIpc) is 3.15. The van der Waals surface area contributed by atoms with Gasteiger partial charge in [0.25, 0.3) is 0 Å². The predicted octanol–water partition coefficient (Wildman–Crippen LogP) is -0.193. The van der Waals surface area contributed by atoms with Gasteiger partial charge in [0.05, 0.1) is 6.04 Å². The SMILES string of the molecule is Nc1nc(C(=O)CCCNC(=O)[C@@H]2CC[C@H]3CN2C(=O)N3OS(=O)(=O)O)cs1. The molecule has 2 bridgehead atoms. The minimum atomic E-state index is -4.83. The zero-order valence-corrected chi connectivity index (χ0v) is 16.2. The van der Waals surface area contributed by atoms with Gasteiger partial charge in [0.2, 0.25) is 5.91 Å². The summed E-state index contributed by atoms with van der Waals surface area (Å²) in [5, 5.41) is 5.15. The molecule has 0 aromatic carbocycles. The van der Waals surface area contributed by atoms with Gasteiger partial charge in [0.1, 0.15) is 11.7 Å². The quantitative estimate of drug-likeness (QED) is 0.285. The molecule has 0 saturated carbocycles. The van der Waals surface area contributed by atoms with E-state index in [4.69, 9.17) is 10.3 Å². The molecule has 12 nitrogen and oxygen atoms in total. The van der Waals surface area contributed by atoms with Gasteiger partial charge in [-0.05, 0) is 19.3 Å². The van der Waals surface area contributed by atoms with E-state index in [1.54, 1.807) is 5.38 Å². The minimum Gasteiger partial charge on any atom is -0.375 e. The Morgan fingerprint density at radius 3 is 2.82 bits per heavy atom. The van der Waals surface area contributed by atoms with E-state index in [0.29, 0.717) is 35.2 Å². The van der Waals surface area contributed by atoms with Crippen molar-refractivity contribution >= 4 is 44.6 Å². The number of hydrogen-bond acceptors (Lipinski definition) is 9. The molecular formula is C14H19N5O7S2. The molecule has 2 saturated heterocycles. The highest BCUT2D eigenvalue weighted by Crippen LogP contribution is 2.30. The van der Waals surface area contributed by atoms with Crippen LogP contribution in [-0.2, 0) is 19.5 Å². The molecule has 2 aliphatic heterocycles. The number of piperidine rings is 1. The lowest BCUT2D eigenvalue weighted by atomic mass is 10.0. The highest BCUT2D eigenvalue weighted by molar-refractivity contribution is 7.80. The van der Waals surface area contributed by atoms with Crippen LogP contribution in [0.3, 0.4) is 0 Å². The van der Waals surface area contributed by atoms with E-state index < -0.39 is 34.4 Å². The van der Waals surface area contributed by atoms with Gasteiger partial charge in [-0.3, -0.25) is 14.1 Å². The van der Waals surface area contributed by atoms with Crippen LogP contribution in [0.1, 0.15) is 36.2 Å². The number of nitrogens with zero attached hydrogens (tertiary/aromatic N) is 3. The molecule has 0 aliphatic carbocycles. The predicted molar refractivity (Wildman–Crippen MR) is 96.5 cm³/mol. The van der Waals surface area contributed by atoms with Crippen molar-refractivity contribution in [2.24, 2.45) is 0 Å². The largest absolute Gasteiger partial charge is 0.418 e. The van der Waals surface area contributed by atoms with E-state index in [2.05, 4.69) is 14.6 Å². The van der Waals surface area contributed by atoms with Crippen molar-refractivity contribution in [2.75, 3.05) is 18.8 Å². The number of ketones is 1. The molecule has 3 amide bonds. The maximum Gasteiger partial charge on any atom is 0.418 e. The second-order valence-electron chi connectivity index (χ2n) is 6.40. The Kier molecular flexibility index (Phi) is 5.83. The molecule has 0 radical (unpaired) electrons. The molecule has 2 fully saturated rings. The number of hydroxylamine groups is 2. The van der Waals surface area contributed by atoms with E-state index in [9.17, 15) is 22.8 Å². The van der Waals surface area contributed by atoms with E-state index in [0.717, 1.165) is 0 Å². The van der Waals surface area contributed by atoms with Crippen LogP contribution in [-0.4, -0.2) is 70.8 Å². The number of hydrogen-bond donors (Lipinski definition) is 3. The third-order valence-electron chi connectivity index (χ3n) is 4.49. The van der Waals surface area contributed by atoms with Crippen molar-refractivity contribution < 1.29 is 31.6 Å². The number of nitrogens with one attached hydrogen (secondary N) is 1. The van der Waals surface area contributed by atoms with Gasteiger partial charge in [-0.25, -0.2) is 9.78 Å².